The van der Waals surface area contributed by atoms with Crippen LogP contribution in [0, 0.1) is 26.6 Å². The van der Waals surface area contributed by atoms with Crippen LogP contribution in [0.4, 0.5) is 4.39 Å². The summed E-state index contributed by atoms with van der Waals surface area (Å²) in [6.45, 7) is 7.10. The highest BCUT2D eigenvalue weighted by Crippen LogP contribution is 2.14. The monoisotopic (exact) mass is 258 g/mol. The van der Waals surface area contributed by atoms with Crippen LogP contribution in [0.5, 0.6) is 0 Å². The van der Waals surface area contributed by atoms with E-state index >= 15 is 0 Å². The van der Waals surface area contributed by atoms with Crippen LogP contribution in [0.3, 0.4) is 0 Å². The molecule has 2 aromatic rings. The Kier molecular flexibility index (Phi) is 4.27. The Morgan fingerprint density at radius 3 is 2.37 bits per heavy atom. The summed E-state index contributed by atoms with van der Waals surface area (Å²) in [6, 6.07) is 7.77. The molecular formula is C16H19FN2. The Balaban J connectivity index is 1.98. The maximum absolute atomic E-state index is 13.5. The number of rotatable bonds is 4. The van der Waals surface area contributed by atoms with Gasteiger partial charge in [0.05, 0.1) is 5.69 Å². The number of aryl methyl sites for hydroxylation is 3. The summed E-state index contributed by atoms with van der Waals surface area (Å²) in [6.07, 6.45) is 1.80. The second-order valence-electron chi connectivity index (χ2n) is 4.91. The molecule has 0 spiro atoms. The first kappa shape index (κ1) is 13.7. The molecule has 0 atom stereocenters. The van der Waals surface area contributed by atoms with Crippen LogP contribution in [0.1, 0.15) is 27.9 Å². The van der Waals surface area contributed by atoms with E-state index in [0.717, 1.165) is 24.3 Å². The molecule has 100 valence electrons. The smallest absolute Gasteiger partial charge is 0.129 e. The molecule has 0 radical (unpaired) electrons. The molecule has 1 aromatic heterocycles. The molecule has 19 heavy (non-hydrogen) atoms. The lowest BCUT2D eigenvalue weighted by Gasteiger charge is -2.09. The summed E-state index contributed by atoms with van der Waals surface area (Å²) in [4.78, 5) is 4.34. The summed E-state index contributed by atoms with van der Waals surface area (Å²) < 4.78 is 13.5. The van der Waals surface area contributed by atoms with Crippen molar-refractivity contribution in [3.8, 4) is 0 Å². The van der Waals surface area contributed by atoms with E-state index in [2.05, 4.69) is 23.3 Å². The molecule has 2 nitrogen and oxygen atoms in total. The van der Waals surface area contributed by atoms with E-state index in [4.69, 9.17) is 0 Å². The van der Waals surface area contributed by atoms with Crippen molar-refractivity contribution >= 4 is 0 Å². The normalized spacial score (nSPS) is 10.7. The third-order valence-corrected chi connectivity index (χ3v) is 3.24. The molecule has 0 saturated heterocycles. The number of nitrogens with zero attached hydrogens (tertiary/aromatic N) is 1. The van der Waals surface area contributed by atoms with Crippen molar-refractivity contribution in [1.29, 1.82) is 0 Å². The Labute approximate surface area is 113 Å². The van der Waals surface area contributed by atoms with E-state index in [-0.39, 0.29) is 5.82 Å². The summed E-state index contributed by atoms with van der Waals surface area (Å²) in [7, 11) is 0. The first-order valence-electron chi connectivity index (χ1n) is 6.45. The topological polar surface area (TPSA) is 24.9 Å². The minimum Gasteiger partial charge on any atom is -0.307 e. The highest BCUT2D eigenvalue weighted by molar-refractivity contribution is 5.30. The van der Waals surface area contributed by atoms with Crippen LogP contribution >= 0.6 is 0 Å². The molecule has 0 saturated carbocycles. The fraction of sp³-hybridized carbons (Fsp3) is 0.312. The van der Waals surface area contributed by atoms with Crippen LogP contribution in [0.25, 0.3) is 0 Å². The number of nitrogens with one attached hydrogen (secondary N) is 1. The van der Waals surface area contributed by atoms with Crippen molar-refractivity contribution < 1.29 is 4.39 Å². The summed E-state index contributed by atoms with van der Waals surface area (Å²) >= 11 is 0. The van der Waals surface area contributed by atoms with Crippen LogP contribution in [0.2, 0.25) is 0 Å². The first-order chi connectivity index (χ1) is 9.08. The highest BCUT2D eigenvalue weighted by atomic mass is 19.1. The maximum atomic E-state index is 13.5. The van der Waals surface area contributed by atoms with E-state index in [9.17, 15) is 4.39 Å². The largest absolute Gasteiger partial charge is 0.307 e. The average molecular weight is 258 g/mol. The quantitative estimate of drug-likeness (QED) is 0.908. The van der Waals surface area contributed by atoms with Gasteiger partial charge in [0, 0.05) is 19.3 Å². The molecule has 0 unspecified atom stereocenters. The van der Waals surface area contributed by atoms with Gasteiger partial charge in [-0.2, -0.15) is 0 Å². The minimum atomic E-state index is -0.107. The van der Waals surface area contributed by atoms with E-state index in [1.165, 1.54) is 5.56 Å². The van der Waals surface area contributed by atoms with E-state index in [0.29, 0.717) is 11.1 Å². The number of hydrogen-bond donors (Lipinski definition) is 1. The zero-order valence-electron chi connectivity index (χ0n) is 11.6. The third-order valence-electron chi connectivity index (χ3n) is 3.24. The van der Waals surface area contributed by atoms with Gasteiger partial charge in [0.1, 0.15) is 5.82 Å². The molecule has 1 N–H and O–H groups in total. The van der Waals surface area contributed by atoms with Gasteiger partial charge in [-0.05, 0) is 49.1 Å². The predicted molar refractivity (Wildman–Crippen MR) is 75.4 cm³/mol. The Bertz CT molecular complexity index is 556. The van der Waals surface area contributed by atoms with Gasteiger partial charge in [-0.1, -0.05) is 18.2 Å². The molecule has 3 heteroatoms. The number of hydrogen-bond acceptors (Lipinski definition) is 2. The molecule has 1 aromatic carbocycles. The fourth-order valence-electron chi connectivity index (χ4n) is 2.17. The average Bonchev–Trinajstić information content (AvgIpc) is 2.38. The molecule has 2 rings (SSSR count). The highest BCUT2D eigenvalue weighted by Gasteiger charge is 2.04. The molecule has 0 fully saturated rings. The SMILES string of the molecule is Cc1cccnc1CNCc1cc(C)c(F)c(C)c1. The van der Waals surface area contributed by atoms with Crippen molar-refractivity contribution in [3.05, 3.63) is 64.2 Å². The van der Waals surface area contributed by atoms with Crippen LogP contribution in [-0.4, -0.2) is 4.98 Å². The van der Waals surface area contributed by atoms with Crippen LogP contribution < -0.4 is 5.32 Å². The molecule has 0 aliphatic rings. The van der Waals surface area contributed by atoms with Gasteiger partial charge in [0.25, 0.3) is 0 Å². The molecular weight excluding hydrogens is 239 g/mol. The second kappa shape index (κ2) is 5.93. The maximum Gasteiger partial charge on any atom is 0.129 e. The predicted octanol–water partition coefficient (Wildman–Crippen LogP) is 3.44. The molecule has 0 aliphatic heterocycles. The van der Waals surface area contributed by atoms with Gasteiger partial charge in [-0.15, -0.1) is 0 Å². The zero-order chi connectivity index (χ0) is 13.8. The second-order valence-corrected chi connectivity index (χ2v) is 4.91. The van der Waals surface area contributed by atoms with Crippen molar-refractivity contribution in [3.63, 3.8) is 0 Å². The Morgan fingerprint density at radius 2 is 1.74 bits per heavy atom. The number of aromatic nitrogens is 1. The first-order valence-corrected chi connectivity index (χ1v) is 6.45. The van der Waals surface area contributed by atoms with Crippen molar-refractivity contribution in [1.82, 2.24) is 10.3 Å². The standard InChI is InChI=1S/C16H19FN2/c1-11-5-4-6-19-15(11)10-18-9-14-7-12(2)16(17)13(3)8-14/h4-8,18H,9-10H2,1-3H3. The number of halogens is 1. The van der Waals surface area contributed by atoms with Gasteiger partial charge < -0.3 is 5.32 Å². The third kappa shape index (κ3) is 3.38. The van der Waals surface area contributed by atoms with Gasteiger partial charge in [0.2, 0.25) is 0 Å². The van der Waals surface area contributed by atoms with Gasteiger partial charge in [-0.3, -0.25) is 4.98 Å². The van der Waals surface area contributed by atoms with Crippen molar-refractivity contribution in [2.24, 2.45) is 0 Å². The molecule has 1 heterocycles. The lowest BCUT2D eigenvalue weighted by molar-refractivity contribution is 0.605. The number of pyridine rings is 1. The minimum absolute atomic E-state index is 0.107. The molecule has 0 amide bonds. The summed E-state index contributed by atoms with van der Waals surface area (Å²) in [5.41, 5.74) is 4.74. The van der Waals surface area contributed by atoms with Gasteiger partial charge in [0.15, 0.2) is 0 Å². The summed E-state index contributed by atoms with van der Waals surface area (Å²) in [5.74, 6) is -0.107. The fourth-order valence-corrected chi connectivity index (χ4v) is 2.17. The van der Waals surface area contributed by atoms with E-state index in [1.54, 1.807) is 20.0 Å². The summed E-state index contributed by atoms with van der Waals surface area (Å²) in [5, 5.41) is 3.35. The van der Waals surface area contributed by atoms with Crippen molar-refractivity contribution in [2.45, 2.75) is 33.9 Å². The Hall–Kier alpha value is -1.74. The lowest BCUT2D eigenvalue weighted by atomic mass is 10.1. The van der Waals surface area contributed by atoms with Crippen LogP contribution in [-0.2, 0) is 13.1 Å². The van der Waals surface area contributed by atoms with E-state index < -0.39 is 0 Å². The van der Waals surface area contributed by atoms with Crippen molar-refractivity contribution in [2.75, 3.05) is 0 Å². The van der Waals surface area contributed by atoms with E-state index in [1.807, 2.05) is 18.2 Å². The zero-order valence-corrected chi connectivity index (χ0v) is 11.6. The lowest BCUT2D eigenvalue weighted by Crippen LogP contribution is -2.15. The Morgan fingerprint density at radius 1 is 1.05 bits per heavy atom. The van der Waals surface area contributed by atoms with Crippen LogP contribution in [0.15, 0.2) is 30.5 Å². The van der Waals surface area contributed by atoms with Gasteiger partial charge in [-0.25, -0.2) is 4.39 Å². The molecule has 0 aliphatic carbocycles. The van der Waals surface area contributed by atoms with Gasteiger partial charge >= 0.3 is 0 Å². The molecule has 0 bridgehead atoms. The number of benzene rings is 1.